The fourth-order valence-corrected chi connectivity index (χ4v) is 2.53. The Morgan fingerprint density at radius 3 is 1.55 bits per heavy atom. The molecule has 0 saturated heterocycles. The van der Waals surface area contributed by atoms with Crippen LogP contribution in [0.25, 0.3) is 0 Å². The van der Waals surface area contributed by atoms with E-state index in [-0.39, 0.29) is 5.69 Å². The Hall–Kier alpha value is -4.01. The lowest BCUT2D eigenvalue weighted by Gasteiger charge is -2.11. The number of benzene rings is 3. The Kier molecular flexibility index (Phi) is 8.01. The van der Waals surface area contributed by atoms with Crippen molar-refractivity contribution in [2.75, 3.05) is 47.6 Å². The van der Waals surface area contributed by atoms with Crippen molar-refractivity contribution in [1.29, 1.82) is 0 Å². The smallest absolute Gasteiger partial charge is 0.146 e. The minimum absolute atomic E-state index is 0.100. The molecule has 0 unspecified atom stereocenters. The van der Waals surface area contributed by atoms with Crippen LogP contribution in [0.4, 0.5) is 38.5 Å². The summed E-state index contributed by atoms with van der Waals surface area (Å²) in [6.07, 6.45) is 0.702. The van der Waals surface area contributed by atoms with E-state index in [1.807, 2.05) is 0 Å². The molecular formula is C22H29FN6O2. The molecule has 3 rings (SSSR count). The summed E-state index contributed by atoms with van der Waals surface area (Å²) in [6, 6.07) is 13.1. The Morgan fingerprint density at radius 2 is 1.13 bits per heavy atom. The lowest BCUT2D eigenvalue weighted by molar-refractivity contribution is 0.249. The minimum atomic E-state index is -0.410. The molecule has 8 nitrogen and oxygen atoms in total. The molecule has 0 heterocycles. The molecule has 0 aliphatic carbocycles. The van der Waals surface area contributed by atoms with Crippen LogP contribution in [-0.2, 0) is 0 Å². The van der Waals surface area contributed by atoms with E-state index in [0.29, 0.717) is 65.1 Å². The van der Waals surface area contributed by atoms with Crippen LogP contribution in [0.1, 0.15) is 12.0 Å². The monoisotopic (exact) mass is 428 g/mol. The molecule has 0 atom stereocenters. The summed E-state index contributed by atoms with van der Waals surface area (Å²) in [6.45, 7) is 2.71. The fraction of sp³-hybridized carbons (Fsp3) is 0.182. The molecule has 166 valence electrons. The van der Waals surface area contributed by atoms with Gasteiger partial charge in [-0.05, 0) is 61.0 Å². The van der Waals surface area contributed by atoms with E-state index >= 15 is 0 Å². The third-order valence-electron chi connectivity index (χ3n) is 4.26. The van der Waals surface area contributed by atoms with E-state index in [0.717, 1.165) is 0 Å². The largest absolute Gasteiger partial charge is 0.491 e. The number of nitrogens with two attached hydrogens (primary N) is 6. The van der Waals surface area contributed by atoms with Gasteiger partial charge in [0.25, 0.3) is 0 Å². The first kappa shape index (κ1) is 23.3. The number of rotatable bonds is 6. The molecule has 3 aromatic carbocycles. The highest BCUT2D eigenvalue weighted by Gasteiger charge is 2.03. The number of anilines is 6. The predicted octanol–water partition coefficient (Wildman–Crippen LogP) is 3.16. The predicted molar refractivity (Wildman–Crippen MR) is 126 cm³/mol. The van der Waals surface area contributed by atoms with Crippen LogP contribution in [0, 0.1) is 12.7 Å². The van der Waals surface area contributed by atoms with Gasteiger partial charge in [-0.3, -0.25) is 0 Å². The summed E-state index contributed by atoms with van der Waals surface area (Å²) in [4.78, 5) is 0. The van der Waals surface area contributed by atoms with E-state index in [9.17, 15) is 4.39 Å². The average Bonchev–Trinajstić information content (AvgIpc) is 2.70. The highest BCUT2D eigenvalue weighted by atomic mass is 19.1. The first-order chi connectivity index (χ1) is 14.7. The van der Waals surface area contributed by atoms with Gasteiger partial charge in [0.1, 0.15) is 17.3 Å². The molecule has 0 aromatic heterocycles. The Balaban J connectivity index is 0.000000285. The molecule has 0 aliphatic heterocycles. The third kappa shape index (κ3) is 7.07. The highest BCUT2D eigenvalue weighted by Crippen LogP contribution is 2.25. The second-order valence-electron chi connectivity index (χ2n) is 6.88. The van der Waals surface area contributed by atoms with Gasteiger partial charge < -0.3 is 43.9 Å². The van der Waals surface area contributed by atoms with Gasteiger partial charge in [-0.2, -0.15) is 0 Å². The van der Waals surface area contributed by atoms with E-state index in [1.54, 1.807) is 43.3 Å². The van der Waals surface area contributed by atoms with Gasteiger partial charge in [-0.15, -0.1) is 0 Å². The van der Waals surface area contributed by atoms with Gasteiger partial charge in [0.05, 0.1) is 30.3 Å². The van der Waals surface area contributed by atoms with Gasteiger partial charge in [0, 0.05) is 23.5 Å². The number of hydrogen-bond acceptors (Lipinski definition) is 8. The summed E-state index contributed by atoms with van der Waals surface area (Å²) in [5.41, 5.74) is 37.1. The molecule has 0 radical (unpaired) electrons. The van der Waals surface area contributed by atoms with E-state index in [1.165, 1.54) is 12.1 Å². The van der Waals surface area contributed by atoms with Crippen molar-refractivity contribution in [1.82, 2.24) is 0 Å². The quantitative estimate of drug-likeness (QED) is 0.256. The average molecular weight is 429 g/mol. The maximum atomic E-state index is 12.6. The van der Waals surface area contributed by atoms with Crippen molar-refractivity contribution in [3.63, 3.8) is 0 Å². The van der Waals surface area contributed by atoms with Crippen molar-refractivity contribution in [3.05, 3.63) is 59.9 Å². The SMILES string of the molecule is Cc1cc(F)c(N)cc1N.Nc1ccc(OCCCOc2ccc(N)cc2N)c(N)c1. The van der Waals surface area contributed by atoms with Crippen LogP contribution in [0.2, 0.25) is 0 Å². The van der Waals surface area contributed by atoms with Gasteiger partial charge in [0.15, 0.2) is 0 Å². The molecule has 0 aliphatic rings. The molecule has 3 aromatic rings. The summed E-state index contributed by atoms with van der Waals surface area (Å²) in [7, 11) is 0. The van der Waals surface area contributed by atoms with Crippen LogP contribution >= 0.6 is 0 Å². The zero-order valence-electron chi connectivity index (χ0n) is 17.4. The molecule has 31 heavy (non-hydrogen) atoms. The van der Waals surface area contributed by atoms with Crippen LogP contribution in [0.15, 0.2) is 48.5 Å². The second kappa shape index (κ2) is 10.7. The lowest BCUT2D eigenvalue weighted by Crippen LogP contribution is -2.07. The molecule has 0 amide bonds. The standard InChI is InChI=1S/C15H20N4O2.C7H9FN2/c16-10-2-4-14(12(18)8-10)20-6-1-7-21-15-5-3-11(17)9-13(15)19;1-4-2-5(8)7(10)3-6(4)9/h2-5,8-9H,1,6-7,16-19H2;2-3H,9-10H2,1H3. The summed E-state index contributed by atoms with van der Waals surface area (Å²) >= 11 is 0. The number of nitrogen functional groups attached to an aromatic ring is 6. The van der Waals surface area contributed by atoms with Crippen molar-refractivity contribution in [3.8, 4) is 11.5 Å². The molecular weight excluding hydrogens is 399 g/mol. The number of hydrogen-bond donors (Lipinski definition) is 6. The first-order valence-corrected chi connectivity index (χ1v) is 9.54. The van der Waals surface area contributed by atoms with Crippen LogP contribution in [0.3, 0.4) is 0 Å². The molecule has 0 fully saturated rings. The zero-order valence-corrected chi connectivity index (χ0v) is 17.4. The lowest BCUT2D eigenvalue weighted by atomic mass is 10.2. The molecule has 0 saturated carbocycles. The van der Waals surface area contributed by atoms with E-state index in [4.69, 9.17) is 43.9 Å². The van der Waals surface area contributed by atoms with Crippen molar-refractivity contribution in [2.45, 2.75) is 13.3 Å². The first-order valence-electron chi connectivity index (χ1n) is 9.54. The van der Waals surface area contributed by atoms with Gasteiger partial charge in [0.2, 0.25) is 0 Å². The van der Waals surface area contributed by atoms with Crippen LogP contribution in [-0.4, -0.2) is 13.2 Å². The maximum Gasteiger partial charge on any atom is 0.146 e. The molecule has 12 N–H and O–H groups in total. The number of aryl methyl sites for hydroxylation is 1. The van der Waals surface area contributed by atoms with E-state index in [2.05, 4.69) is 0 Å². The van der Waals surface area contributed by atoms with Crippen LogP contribution in [0.5, 0.6) is 11.5 Å². The Morgan fingerprint density at radius 1 is 0.645 bits per heavy atom. The molecule has 9 heteroatoms. The zero-order chi connectivity index (χ0) is 23.0. The number of halogens is 1. The molecule has 0 spiro atoms. The summed E-state index contributed by atoms with van der Waals surface area (Å²) < 4.78 is 23.7. The van der Waals surface area contributed by atoms with Crippen molar-refractivity contribution < 1.29 is 13.9 Å². The van der Waals surface area contributed by atoms with Crippen molar-refractivity contribution in [2.24, 2.45) is 0 Å². The summed E-state index contributed by atoms with van der Waals surface area (Å²) in [5, 5.41) is 0. The highest BCUT2D eigenvalue weighted by molar-refractivity contribution is 5.61. The van der Waals surface area contributed by atoms with Gasteiger partial charge in [-0.1, -0.05) is 0 Å². The normalized spacial score (nSPS) is 10.1. The second-order valence-corrected chi connectivity index (χ2v) is 6.88. The summed E-state index contributed by atoms with van der Waals surface area (Å²) in [5.74, 6) is 0.832. The number of ether oxygens (including phenoxy) is 2. The topological polar surface area (TPSA) is 175 Å². The Bertz CT molecular complexity index is 925. The Labute approximate surface area is 180 Å². The minimum Gasteiger partial charge on any atom is -0.491 e. The van der Waals surface area contributed by atoms with E-state index < -0.39 is 5.82 Å². The molecule has 0 bridgehead atoms. The van der Waals surface area contributed by atoms with Gasteiger partial charge in [-0.25, -0.2) is 4.39 Å². The third-order valence-corrected chi connectivity index (χ3v) is 4.26. The van der Waals surface area contributed by atoms with Crippen molar-refractivity contribution >= 4 is 34.1 Å². The maximum absolute atomic E-state index is 12.6. The van der Waals surface area contributed by atoms with Crippen LogP contribution < -0.4 is 43.9 Å². The van der Waals surface area contributed by atoms with Gasteiger partial charge >= 0.3 is 0 Å². The fourth-order valence-electron chi connectivity index (χ4n) is 2.53.